The first-order valence-corrected chi connectivity index (χ1v) is 14.6. The van der Waals surface area contributed by atoms with Gasteiger partial charge in [0, 0.05) is 30.2 Å². The molecular formula is C30H39BrN2O6. The van der Waals surface area contributed by atoms with Crippen molar-refractivity contribution in [1.29, 1.82) is 0 Å². The number of alkyl halides is 1. The van der Waals surface area contributed by atoms with Crippen molar-refractivity contribution >= 4 is 39.4 Å². The Labute approximate surface area is 239 Å². The van der Waals surface area contributed by atoms with Crippen LogP contribution in [-0.2, 0) is 23.9 Å². The van der Waals surface area contributed by atoms with E-state index in [0.717, 1.165) is 23.2 Å². The summed E-state index contributed by atoms with van der Waals surface area (Å²) in [5.41, 5.74) is 1.50. The summed E-state index contributed by atoms with van der Waals surface area (Å²) in [6.07, 6.45) is 5.70. The number of ether oxygens (including phenoxy) is 2. The molecule has 1 aromatic carbocycles. The first-order valence-electron chi connectivity index (χ1n) is 13.7. The van der Waals surface area contributed by atoms with Crippen LogP contribution in [0.25, 0.3) is 0 Å². The average molecular weight is 604 g/mol. The molecule has 6 atom stereocenters. The highest BCUT2D eigenvalue weighted by Gasteiger charge is 2.77. The van der Waals surface area contributed by atoms with Crippen molar-refractivity contribution < 1.29 is 29.0 Å². The van der Waals surface area contributed by atoms with Crippen molar-refractivity contribution in [3.8, 4) is 0 Å². The van der Waals surface area contributed by atoms with Crippen molar-refractivity contribution in [2.24, 2.45) is 11.8 Å². The zero-order valence-corrected chi connectivity index (χ0v) is 24.4. The van der Waals surface area contributed by atoms with E-state index in [4.69, 9.17) is 9.47 Å². The van der Waals surface area contributed by atoms with Gasteiger partial charge in [-0.05, 0) is 57.1 Å². The number of hydrogen-bond donors (Lipinski definition) is 1. The highest BCUT2D eigenvalue weighted by atomic mass is 79.9. The van der Waals surface area contributed by atoms with E-state index in [2.05, 4.69) is 29.1 Å². The average Bonchev–Trinajstić information content (AvgIpc) is 3.49. The van der Waals surface area contributed by atoms with Crippen molar-refractivity contribution in [3.05, 3.63) is 54.6 Å². The van der Waals surface area contributed by atoms with Crippen LogP contribution >= 0.6 is 15.9 Å². The van der Waals surface area contributed by atoms with Gasteiger partial charge in [0.15, 0.2) is 0 Å². The summed E-state index contributed by atoms with van der Waals surface area (Å²) in [5, 5.41) is 9.40. The number of nitrogens with zero attached hydrogens (tertiary/aromatic N) is 2. The number of amides is 2. The maximum atomic E-state index is 14.6. The molecule has 0 aliphatic carbocycles. The first-order chi connectivity index (χ1) is 18.7. The van der Waals surface area contributed by atoms with E-state index in [0.29, 0.717) is 25.7 Å². The number of hydrogen-bond acceptors (Lipinski definition) is 6. The minimum Gasteiger partial charge on any atom is -0.465 e. The standard InChI is InChI=1S/C30H39BrN2O6/c1-5-7-10-17-38-29(37)22-23-27(35)33(15-8-9-16-34)26(30(23)18-21(31)25(22)39-30)28(36)32(14-6-2)24-19(3)12-11-13-20(24)4/h5-6,11-13,21-23,25-26,34H,1-2,7-10,14-18H2,3-4H3/t21?,22-,23-,25-,26?,30?/m0/s1. The minimum absolute atomic E-state index is 0.0120. The second kappa shape index (κ2) is 12.4. The highest BCUT2D eigenvalue weighted by Crippen LogP contribution is 2.60. The number of halogens is 1. The lowest BCUT2D eigenvalue weighted by Crippen LogP contribution is -2.57. The van der Waals surface area contributed by atoms with Gasteiger partial charge in [0.1, 0.15) is 11.6 Å². The number of allylic oxidation sites excluding steroid dienone is 1. The number of esters is 1. The second-order valence-electron chi connectivity index (χ2n) is 10.7. The van der Waals surface area contributed by atoms with E-state index in [9.17, 15) is 19.5 Å². The van der Waals surface area contributed by atoms with Crippen LogP contribution in [0.15, 0.2) is 43.5 Å². The quantitative estimate of drug-likeness (QED) is 0.159. The zero-order valence-electron chi connectivity index (χ0n) is 22.8. The van der Waals surface area contributed by atoms with Gasteiger partial charge in [-0.3, -0.25) is 14.4 Å². The van der Waals surface area contributed by atoms with Crippen molar-refractivity contribution in [2.45, 2.75) is 68.5 Å². The van der Waals surface area contributed by atoms with Crippen LogP contribution in [0.2, 0.25) is 0 Å². The number of likely N-dealkylation sites (tertiary alicyclic amines) is 1. The van der Waals surface area contributed by atoms with Gasteiger partial charge in [-0.1, -0.05) is 46.3 Å². The predicted molar refractivity (Wildman–Crippen MR) is 153 cm³/mol. The largest absolute Gasteiger partial charge is 0.465 e. The Morgan fingerprint density at radius 1 is 1.23 bits per heavy atom. The molecule has 1 spiro atoms. The maximum Gasteiger partial charge on any atom is 0.312 e. The number of carbonyl (C=O) groups is 3. The minimum atomic E-state index is -1.16. The van der Waals surface area contributed by atoms with Gasteiger partial charge in [-0.2, -0.15) is 0 Å². The normalized spacial score (nSPS) is 28.9. The summed E-state index contributed by atoms with van der Waals surface area (Å²) < 4.78 is 12.2. The van der Waals surface area contributed by atoms with Crippen LogP contribution < -0.4 is 4.90 Å². The Kier molecular flexibility index (Phi) is 9.34. The number of anilines is 1. The third-order valence-corrected chi connectivity index (χ3v) is 9.03. The molecule has 1 aromatic rings. The SMILES string of the molecule is C=CCCCOC(=O)[C@H]1[C@H]2C(=O)N(CCCCO)C(C(=O)N(CC=C)c3c(C)cccc3C)C23CC(Br)[C@@H]1O3. The third kappa shape index (κ3) is 5.21. The van der Waals surface area contributed by atoms with E-state index in [-0.39, 0.29) is 42.9 Å². The van der Waals surface area contributed by atoms with Crippen molar-refractivity contribution in [1.82, 2.24) is 4.90 Å². The van der Waals surface area contributed by atoms with E-state index in [1.807, 2.05) is 32.0 Å². The molecular weight excluding hydrogens is 564 g/mol. The lowest BCUT2D eigenvalue weighted by atomic mass is 9.70. The smallest absolute Gasteiger partial charge is 0.312 e. The molecule has 3 heterocycles. The number of rotatable bonds is 13. The summed E-state index contributed by atoms with van der Waals surface area (Å²) in [4.78, 5) is 45.1. The monoisotopic (exact) mass is 602 g/mol. The molecule has 39 heavy (non-hydrogen) atoms. The Morgan fingerprint density at radius 3 is 2.59 bits per heavy atom. The first kappa shape index (κ1) is 29.5. The number of aliphatic hydroxyl groups is 1. The Morgan fingerprint density at radius 2 is 1.95 bits per heavy atom. The molecule has 0 saturated carbocycles. The van der Waals surface area contributed by atoms with Gasteiger partial charge in [0.25, 0.3) is 5.91 Å². The van der Waals surface area contributed by atoms with Crippen LogP contribution in [0.5, 0.6) is 0 Å². The third-order valence-electron chi connectivity index (χ3n) is 8.19. The molecule has 2 bridgehead atoms. The fourth-order valence-electron chi connectivity index (χ4n) is 6.61. The molecule has 4 rings (SSSR count). The summed E-state index contributed by atoms with van der Waals surface area (Å²) >= 11 is 3.69. The number of aryl methyl sites for hydroxylation is 2. The molecule has 8 nitrogen and oxygen atoms in total. The molecule has 0 radical (unpaired) electrons. The molecule has 3 unspecified atom stereocenters. The topological polar surface area (TPSA) is 96.4 Å². The van der Waals surface area contributed by atoms with Crippen molar-refractivity contribution in [3.63, 3.8) is 0 Å². The zero-order chi connectivity index (χ0) is 28.3. The van der Waals surface area contributed by atoms with E-state index in [1.165, 1.54) is 0 Å². The van der Waals surface area contributed by atoms with Gasteiger partial charge in [0.2, 0.25) is 5.91 Å². The fourth-order valence-corrected chi connectivity index (χ4v) is 7.55. The van der Waals surface area contributed by atoms with Crippen LogP contribution in [-0.4, -0.2) is 76.7 Å². The Hall–Kier alpha value is -2.49. The number of unbranched alkanes of at least 4 members (excludes halogenated alkanes) is 2. The van der Waals surface area contributed by atoms with Gasteiger partial charge >= 0.3 is 5.97 Å². The van der Waals surface area contributed by atoms with Crippen LogP contribution in [0.4, 0.5) is 5.69 Å². The molecule has 9 heteroatoms. The Bertz CT molecular complexity index is 1100. The lowest BCUT2D eigenvalue weighted by Gasteiger charge is -2.37. The Balaban J connectivity index is 1.74. The summed E-state index contributed by atoms with van der Waals surface area (Å²) in [6, 6.07) is 4.94. The van der Waals surface area contributed by atoms with Crippen LogP contribution in [0.3, 0.4) is 0 Å². The molecule has 3 aliphatic heterocycles. The van der Waals surface area contributed by atoms with Crippen molar-refractivity contribution in [2.75, 3.05) is 31.2 Å². The van der Waals surface area contributed by atoms with E-state index in [1.54, 1.807) is 22.0 Å². The molecule has 3 aliphatic rings. The number of benzene rings is 1. The molecule has 2 amide bonds. The summed E-state index contributed by atoms with van der Waals surface area (Å²) in [6.45, 7) is 12.3. The van der Waals surface area contributed by atoms with Gasteiger partial charge in [-0.25, -0.2) is 0 Å². The molecule has 1 N–H and O–H groups in total. The maximum absolute atomic E-state index is 14.6. The van der Waals surface area contributed by atoms with Gasteiger partial charge < -0.3 is 24.4 Å². The number of para-hydroxylation sites is 1. The van der Waals surface area contributed by atoms with Crippen LogP contribution in [0, 0.1) is 25.7 Å². The predicted octanol–water partition coefficient (Wildman–Crippen LogP) is 3.85. The van der Waals surface area contributed by atoms with E-state index >= 15 is 0 Å². The number of aliphatic hydroxyl groups excluding tert-OH is 1. The van der Waals surface area contributed by atoms with Crippen LogP contribution in [0.1, 0.15) is 43.2 Å². The fraction of sp³-hybridized carbons (Fsp3) is 0.567. The van der Waals surface area contributed by atoms with Gasteiger partial charge in [-0.15, -0.1) is 13.2 Å². The summed E-state index contributed by atoms with van der Waals surface area (Å²) in [7, 11) is 0. The highest BCUT2D eigenvalue weighted by molar-refractivity contribution is 9.09. The molecule has 0 aromatic heterocycles. The molecule has 3 saturated heterocycles. The number of fused-ring (bicyclic) bond motifs is 1. The second-order valence-corrected chi connectivity index (χ2v) is 11.9. The lowest BCUT2D eigenvalue weighted by molar-refractivity contribution is -0.155. The summed E-state index contributed by atoms with van der Waals surface area (Å²) in [5.74, 6) is -2.59. The van der Waals surface area contributed by atoms with Gasteiger partial charge in [0.05, 0.1) is 24.5 Å². The molecule has 3 fully saturated rings. The molecule has 212 valence electrons. The van der Waals surface area contributed by atoms with E-state index < -0.39 is 35.6 Å². The number of carbonyl (C=O) groups excluding carboxylic acids is 3.